The lowest BCUT2D eigenvalue weighted by molar-refractivity contribution is 0.184. The van der Waals surface area contributed by atoms with E-state index in [-0.39, 0.29) is 10.9 Å². The Morgan fingerprint density at radius 2 is 1.92 bits per heavy atom. The number of rotatable bonds is 4. The van der Waals surface area contributed by atoms with E-state index in [9.17, 15) is 4.21 Å². The number of aliphatic hydroxyl groups is 1. The van der Waals surface area contributed by atoms with Gasteiger partial charge in [0.25, 0.3) is 0 Å². The molecular formula is C9H20O2S. The van der Waals surface area contributed by atoms with Crippen LogP contribution in [0, 0.1) is 0 Å². The smallest absolute Gasteiger partial charge is 0.0512 e. The molecule has 0 spiro atoms. The Hall–Kier alpha value is 0.110. The van der Waals surface area contributed by atoms with Crippen LogP contribution in [0.3, 0.4) is 0 Å². The first kappa shape index (κ1) is 12.1. The molecule has 0 saturated carbocycles. The lowest BCUT2D eigenvalue weighted by Gasteiger charge is -2.17. The minimum atomic E-state index is -0.765. The predicted molar refractivity (Wildman–Crippen MR) is 53.7 cm³/mol. The molecule has 2 unspecified atom stereocenters. The third-order valence-corrected chi connectivity index (χ3v) is 3.66. The second kappa shape index (κ2) is 4.97. The van der Waals surface area contributed by atoms with Gasteiger partial charge in [-0.3, -0.25) is 4.21 Å². The van der Waals surface area contributed by atoms with Crippen LogP contribution in [0.25, 0.3) is 0 Å². The highest BCUT2D eigenvalue weighted by atomic mass is 32.2. The van der Waals surface area contributed by atoms with Crippen LogP contribution in [-0.2, 0) is 10.8 Å². The molecule has 2 nitrogen and oxygen atoms in total. The summed E-state index contributed by atoms with van der Waals surface area (Å²) < 4.78 is 11.4. The second-order valence-corrected chi connectivity index (χ2v) is 6.48. The molecule has 74 valence electrons. The number of aliphatic hydroxyl groups excluding tert-OH is 1. The van der Waals surface area contributed by atoms with Crippen molar-refractivity contribution in [2.75, 3.05) is 5.75 Å². The van der Waals surface area contributed by atoms with Crippen molar-refractivity contribution in [2.45, 2.75) is 51.4 Å². The summed E-state index contributed by atoms with van der Waals surface area (Å²) in [7, 11) is -0.765. The van der Waals surface area contributed by atoms with Gasteiger partial charge in [-0.05, 0) is 40.5 Å². The van der Waals surface area contributed by atoms with Crippen molar-refractivity contribution in [1.29, 1.82) is 0 Å². The van der Waals surface area contributed by atoms with Gasteiger partial charge in [0.05, 0.1) is 6.10 Å². The molecule has 12 heavy (non-hydrogen) atoms. The zero-order valence-electron chi connectivity index (χ0n) is 8.46. The van der Waals surface area contributed by atoms with Crippen LogP contribution < -0.4 is 0 Å². The maximum Gasteiger partial charge on any atom is 0.0512 e. The molecule has 2 atom stereocenters. The largest absolute Gasteiger partial charge is 0.393 e. The Bertz CT molecular complexity index is 147. The van der Waals surface area contributed by atoms with E-state index in [0.717, 1.165) is 12.8 Å². The summed E-state index contributed by atoms with van der Waals surface area (Å²) in [5.41, 5.74) is 0. The fourth-order valence-corrected chi connectivity index (χ4v) is 1.86. The summed E-state index contributed by atoms with van der Waals surface area (Å²) >= 11 is 0. The molecule has 0 aliphatic carbocycles. The van der Waals surface area contributed by atoms with Gasteiger partial charge in [0, 0.05) is 21.3 Å². The van der Waals surface area contributed by atoms with Gasteiger partial charge in [-0.2, -0.15) is 0 Å². The van der Waals surface area contributed by atoms with Crippen LogP contribution in [0.15, 0.2) is 0 Å². The summed E-state index contributed by atoms with van der Waals surface area (Å²) in [5, 5.41) is 8.97. The Labute approximate surface area is 77.8 Å². The van der Waals surface area contributed by atoms with E-state index in [0.29, 0.717) is 5.75 Å². The average Bonchev–Trinajstić information content (AvgIpc) is 1.84. The minimum Gasteiger partial charge on any atom is -0.393 e. The summed E-state index contributed by atoms with van der Waals surface area (Å²) in [4.78, 5) is 0. The standard InChI is InChI=1S/C9H20O2S/c1-8(10)6-5-7-12(11)9(2,3)4/h8,10H,5-7H2,1-4H3. The molecule has 0 radical (unpaired) electrons. The molecule has 0 heterocycles. The highest BCUT2D eigenvalue weighted by Crippen LogP contribution is 2.13. The molecule has 0 aromatic carbocycles. The normalized spacial score (nSPS) is 17.4. The highest BCUT2D eigenvalue weighted by molar-refractivity contribution is 7.86. The second-order valence-electron chi connectivity index (χ2n) is 4.15. The first-order valence-electron chi connectivity index (χ1n) is 4.40. The van der Waals surface area contributed by atoms with Crippen molar-refractivity contribution < 1.29 is 9.32 Å². The topological polar surface area (TPSA) is 37.3 Å². The Morgan fingerprint density at radius 3 is 2.25 bits per heavy atom. The van der Waals surface area contributed by atoms with Gasteiger partial charge in [0.1, 0.15) is 0 Å². The average molecular weight is 192 g/mol. The number of hydrogen-bond acceptors (Lipinski definition) is 2. The first-order valence-corrected chi connectivity index (χ1v) is 5.72. The van der Waals surface area contributed by atoms with E-state index in [2.05, 4.69) is 0 Å². The zero-order valence-corrected chi connectivity index (χ0v) is 9.28. The fourth-order valence-electron chi connectivity index (χ4n) is 0.816. The molecule has 0 bridgehead atoms. The predicted octanol–water partition coefficient (Wildman–Crippen LogP) is 1.69. The zero-order chi connectivity index (χ0) is 9.78. The molecular weight excluding hydrogens is 172 g/mol. The van der Waals surface area contributed by atoms with E-state index < -0.39 is 10.8 Å². The van der Waals surface area contributed by atoms with Crippen LogP contribution in [-0.4, -0.2) is 25.9 Å². The van der Waals surface area contributed by atoms with Crippen LogP contribution in [0.5, 0.6) is 0 Å². The van der Waals surface area contributed by atoms with Gasteiger partial charge in [-0.15, -0.1) is 0 Å². The van der Waals surface area contributed by atoms with Crippen molar-refractivity contribution in [1.82, 2.24) is 0 Å². The molecule has 0 aliphatic rings. The van der Waals surface area contributed by atoms with Crippen molar-refractivity contribution in [2.24, 2.45) is 0 Å². The van der Waals surface area contributed by atoms with Crippen molar-refractivity contribution in [3.05, 3.63) is 0 Å². The minimum absolute atomic E-state index is 0.112. The Balaban J connectivity index is 3.59. The summed E-state index contributed by atoms with van der Waals surface area (Å²) in [6.07, 6.45) is 1.34. The maximum absolute atomic E-state index is 11.5. The Morgan fingerprint density at radius 1 is 1.42 bits per heavy atom. The summed E-state index contributed by atoms with van der Waals surface area (Å²) in [5.74, 6) is 0.703. The van der Waals surface area contributed by atoms with Crippen molar-refractivity contribution in [3.63, 3.8) is 0 Å². The monoisotopic (exact) mass is 192 g/mol. The van der Waals surface area contributed by atoms with Gasteiger partial charge in [-0.25, -0.2) is 0 Å². The SMILES string of the molecule is CC(O)CCCS(=O)C(C)(C)C. The van der Waals surface area contributed by atoms with Crippen LogP contribution in [0.1, 0.15) is 40.5 Å². The molecule has 0 saturated heterocycles. The van der Waals surface area contributed by atoms with Crippen molar-refractivity contribution >= 4 is 10.8 Å². The van der Waals surface area contributed by atoms with Gasteiger partial charge in [0.15, 0.2) is 0 Å². The summed E-state index contributed by atoms with van der Waals surface area (Å²) in [6.45, 7) is 7.70. The summed E-state index contributed by atoms with van der Waals surface area (Å²) in [6, 6.07) is 0. The molecule has 3 heteroatoms. The van der Waals surface area contributed by atoms with E-state index in [1.165, 1.54) is 0 Å². The Kier molecular flexibility index (Phi) is 5.02. The van der Waals surface area contributed by atoms with Gasteiger partial charge < -0.3 is 5.11 Å². The van der Waals surface area contributed by atoms with Gasteiger partial charge >= 0.3 is 0 Å². The maximum atomic E-state index is 11.5. The first-order chi connectivity index (χ1) is 5.34. The van der Waals surface area contributed by atoms with E-state index in [1.54, 1.807) is 6.92 Å². The molecule has 0 aliphatic heterocycles. The van der Waals surface area contributed by atoms with Crippen LogP contribution >= 0.6 is 0 Å². The van der Waals surface area contributed by atoms with E-state index in [4.69, 9.17) is 5.11 Å². The quantitative estimate of drug-likeness (QED) is 0.736. The van der Waals surface area contributed by atoms with Gasteiger partial charge in [0.2, 0.25) is 0 Å². The molecule has 0 aromatic heterocycles. The lowest BCUT2D eigenvalue weighted by atomic mass is 10.2. The third-order valence-electron chi connectivity index (χ3n) is 1.63. The van der Waals surface area contributed by atoms with Gasteiger partial charge in [-0.1, -0.05) is 0 Å². The lowest BCUT2D eigenvalue weighted by Crippen LogP contribution is -2.24. The van der Waals surface area contributed by atoms with E-state index >= 15 is 0 Å². The molecule has 0 aromatic rings. The number of hydrogen-bond donors (Lipinski definition) is 1. The van der Waals surface area contributed by atoms with Crippen LogP contribution in [0.4, 0.5) is 0 Å². The third kappa shape index (κ3) is 5.72. The molecule has 0 rings (SSSR count). The fraction of sp³-hybridized carbons (Fsp3) is 1.00. The van der Waals surface area contributed by atoms with E-state index in [1.807, 2.05) is 20.8 Å². The molecule has 1 N–H and O–H groups in total. The van der Waals surface area contributed by atoms with Crippen LogP contribution in [0.2, 0.25) is 0 Å². The van der Waals surface area contributed by atoms with Crippen molar-refractivity contribution in [3.8, 4) is 0 Å². The molecule has 0 amide bonds. The highest BCUT2D eigenvalue weighted by Gasteiger charge is 2.18. The molecule has 0 fully saturated rings.